The van der Waals surface area contributed by atoms with Gasteiger partial charge in [-0.05, 0) is 12.5 Å². The summed E-state index contributed by atoms with van der Waals surface area (Å²) in [7, 11) is 1.56. The van der Waals surface area contributed by atoms with Gasteiger partial charge in [0.25, 0.3) is 0 Å². The number of rotatable bonds is 9. The molecule has 0 aromatic carbocycles. The first-order valence-corrected chi connectivity index (χ1v) is 8.54. The Hall–Kier alpha value is -3.10. The number of nitrogens with zero attached hydrogens (tertiary/aromatic N) is 5. The van der Waals surface area contributed by atoms with Crippen molar-refractivity contribution in [2.24, 2.45) is 0 Å². The lowest BCUT2D eigenvalue weighted by Gasteiger charge is -2.08. The van der Waals surface area contributed by atoms with E-state index in [0.29, 0.717) is 42.8 Å². The van der Waals surface area contributed by atoms with Crippen molar-refractivity contribution in [2.45, 2.75) is 26.3 Å². The third-order valence-electron chi connectivity index (χ3n) is 3.81. The van der Waals surface area contributed by atoms with Crippen LogP contribution in [0.5, 0.6) is 11.6 Å². The Labute approximate surface area is 150 Å². The number of aromatic nitrogens is 5. The third-order valence-corrected chi connectivity index (χ3v) is 3.81. The molecule has 9 heteroatoms. The van der Waals surface area contributed by atoms with Crippen LogP contribution in [0.4, 0.5) is 5.82 Å². The number of methoxy groups -OCH3 is 1. The van der Waals surface area contributed by atoms with Crippen LogP contribution in [0.1, 0.15) is 19.8 Å². The number of ether oxygens (including phenoxy) is 2. The van der Waals surface area contributed by atoms with E-state index in [0.717, 1.165) is 12.8 Å². The minimum atomic E-state index is -0.153. The molecule has 3 aromatic rings. The van der Waals surface area contributed by atoms with Crippen LogP contribution in [-0.2, 0) is 6.54 Å². The Kier molecular flexibility index (Phi) is 5.67. The van der Waals surface area contributed by atoms with Crippen molar-refractivity contribution in [3.63, 3.8) is 0 Å². The molecule has 3 rings (SSSR count). The monoisotopic (exact) mass is 358 g/mol. The summed E-state index contributed by atoms with van der Waals surface area (Å²) in [6.07, 6.45) is 6.71. The van der Waals surface area contributed by atoms with Crippen LogP contribution in [0.3, 0.4) is 0 Å². The lowest BCUT2D eigenvalue weighted by Crippen LogP contribution is -2.21. The first kappa shape index (κ1) is 17.7. The zero-order valence-electron chi connectivity index (χ0n) is 14.9. The van der Waals surface area contributed by atoms with Crippen molar-refractivity contribution in [3.05, 3.63) is 41.2 Å². The van der Waals surface area contributed by atoms with E-state index in [1.54, 1.807) is 37.8 Å². The smallest absolute Gasteiger partial charge is 0.350 e. The minimum Gasteiger partial charge on any atom is -0.490 e. The summed E-state index contributed by atoms with van der Waals surface area (Å²) < 4.78 is 13.6. The molecule has 0 amide bonds. The van der Waals surface area contributed by atoms with Crippen LogP contribution in [0, 0.1) is 0 Å². The highest BCUT2D eigenvalue weighted by Crippen LogP contribution is 2.13. The van der Waals surface area contributed by atoms with Gasteiger partial charge in [0.05, 0.1) is 19.9 Å². The molecule has 0 spiro atoms. The maximum Gasteiger partial charge on any atom is 0.350 e. The van der Waals surface area contributed by atoms with Gasteiger partial charge < -0.3 is 14.8 Å². The van der Waals surface area contributed by atoms with Gasteiger partial charge >= 0.3 is 5.69 Å². The summed E-state index contributed by atoms with van der Waals surface area (Å²) in [6, 6.07) is 3.53. The molecule has 9 nitrogen and oxygen atoms in total. The molecule has 0 atom stereocenters. The van der Waals surface area contributed by atoms with Gasteiger partial charge in [0.2, 0.25) is 11.5 Å². The van der Waals surface area contributed by atoms with E-state index < -0.39 is 0 Å². The summed E-state index contributed by atoms with van der Waals surface area (Å²) in [4.78, 5) is 20.7. The van der Waals surface area contributed by atoms with Gasteiger partial charge in [-0.1, -0.05) is 13.3 Å². The van der Waals surface area contributed by atoms with Crippen LogP contribution in [-0.4, -0.2) is 44.4 Å². The molecule has 3 aromatic heterocycles. The second kappa shape index (κ2) is 8.32. The van der Waals surface area contributed by atoms with Crippen LogP contribution in [0.15, 0.2) is 35.5 Å². The fourth-order valence-corrected chi connectivity index (χ4v) is 2.44. The van der Waals surface area contributed by atoms with Gasteiger partial charge in [-0.3, -0.25) is 0 Å². The van der Waals surface area contributed by atoms with E-state index >= 15 is 0 Å². The maximum atomic E-state index is 12.3. The first-order valence-electron chi connectivity index (χ1n) is 8.54. The highest BCUT2D eigenvalue weighted by molar-refractivity contribution is 5.61. The summed E-state index contributed by atoms with van der Waals surface area (Å²) >= 11 is 0. The Morgan fingerprint density at radius 3 is 2.88 bits per heavy atom. The molecule has 0 unspecified atom stereocenters. The largest absolute Gasteiger partial charge is 0.490 e. The summed E-state index contributed by atoms with van der Waals surface area (Å²) in [5.74, 6) is 1.74. The van der Waals surface area contributed by atoms with Crippen molar-refractivity contribution < 1.29 is 9.47 Å². The Morgan fingerprint density at radius 1 is 1.27 bits per heavy atom. The highest BCUT2D eigenvalue weighted by Gasteiger charge is 2.11. The van der Waals surface area contributed by atoms with Crippen LogP contribution in [0.2, 0.25) is 0 Å². The predicted octanol–water partition coefficient (Wildman–Crippen LogP) is 1.59. The molecule has 0 saturated heterocycles. The van der Waals surface area contributed by atoms with Crippen molar-refractivity contribution >= 4 is 11.5 Å². The second-order valence-corrected chi connectivity index (χ2v) is 5.64. The molecule has 138 valence electrons. The topological polar surface area (TPSA) is 95.6 Å². The standard InChI is InChI=1S/C17H22N6O3/c1-3-4-9-23-17(24)22-10-7-18-15(16(22)21-23)19-8-11-26-13-5-6-14(25-2)20-12-13/h5-7,10,12H,3-4,8-9,11H2,1-2H3,(H,18,19). The summed E-state index contributed by atoms with van der Waals surface area (Å²) in [5, 5.41) is 7.54. The molecule has 0 aliphatic carbocycles. The molecule has 1 N–H and O–H groups in total. The average Bonchev–Trinajstić information content (AvgIpc) is 3.00. The normalized spacial score (nSPS) is 10.8. The van der Waals surface area contributed by atoms with Crippen molar-refractivity contribution in [1.29, 1.82) is 0 Å². The van der Waals surface area contributed by atoms with Crippen LogP contribution < -0.4 is 20.5 Å². The van der Waals surface area contributed by atoms with Gasteiger partial charge in [-0.25, -0.2) is 23.8 Å². The zero-order chi connectivity index (χ0) is 18.4. The number of aryl methyl sites for hydroxylation is 1. The molecule has 0 fully saturated rings. The maximum absolute atomic E-state index is 12.3. The molecular weight excluding hydrogens is 336 g/mol. The van der Waals surface area contributed by atoms with Gasteiger partial charge in [-0.2, -0.15) is 0 Å². The quantitative estimate of drug-likeness (QED) is 0.580. The lowest BCUT2D eigenvalue weighted by atomic mass is 10.3. The van der Waals surface area contributed by atoms with E-state index in [-0.39, 0.29) is 5.69 Å². The van der Waals surface area contributed by atoms with Crippen molar-refractivity contribution in [2.75, 3.05) is 25.6 Å². The minimum absolute atomic E-state index is 0.153. The number of nitrogens with one attached hydrogen (secondary N) is 1. The fourth-order valence-electron chi connectivity index (χ4n) is 2.44. The van der Waals surface area contributed by atoms with Crippen LogP contribution >= 0.6 is 0 Å². The average molecular weight is 358 g/mol. The highest BCUT2D eigenvalue weighted by atomic mass is 16.5. The number of anilines is 1. The molecule has 0 aliphatic rings. The summed E-state index contributed by atoms with van der Waals surface area (Å²) in [6.45, 7) is 3.60. The number of fused-ring (bicyclic) bond motifs is 1. The predicted molar refractivity (Wildman–Crippen MR) is 96.9 cm³/mol. The zero-order valence-corrected chi connectivity index (χ0v) is 14.9. The molecule has 0 bridgehead atoms. The third kappa shape index (κ3) is 3.93. The van der Waals surface area contributed by atoms with E-state index in [1.807, 2.05) is 0 Å². The number of hydrogen-bond donors (Lipinski definition) is 1. The molecule has 26 heavy (non-hydrogen) atoms. The van der Waals surface area contributed by atoms with E-state index in [2.05, 4.69) is 27.3 Å². The lowest BCUT2D eigenvalue weighted by molar-refractivity contribution is 0.328. The molecule has 3 heterocycles. The Balaban J connectivity index is 1.62. The molecule has 0 radical (unpaired) electrons. The van der Waals surface area contributed by atoms with Crippen molar-refractivity contribution in [1.82, 2.24) is 24.1 Å². The number of unbranched alkanes of at least 4 members (excludes halogenated alkanes) is 1. The second-order valence-electron chi connectivity index (χ2n) is 5.64. The first-order chi connectivity index (χ1) is 12.7. The van der Waals surface area contributed by atoms with E-state index in [4.69, 9.17) is 9.47 Å². The summed E-state index contributed by atoms with van der Waals surface area (Å²) in [5.41, 5.74) is 0.360. The Morgan fingerprint density at radius 2 is 2.15 bits per heavy atom. The van der Waals surface area contributed by atoms with Crippen molar-refractivity contribution in [3.8, 4) is 11.6 Å². The molecule has 0 aliphatic heterocycles. The van der Waals surface area contributed by atoms with Gasteiger partial charge in [0.1, 0.15) is 12.4 Å². The molecule has 0 saturated carbocycles. The van der Waals surface area contributed by atoms with Gasteiger partial charge in [0.15, 0.2) is 5.82 Å². The molecular formula is C17H22N6O3. The number of hydrogen-bond acceptors (Lipinski definition) is 7. The SMILES string of the molecule is CCCCn1nc2c(NCCOc3ccc(OC)nc3)nccn2c1=O. The number of pyridine rings is 1. The van der Waals surface area contributed by atoms with E-state index in [9.17, 15) is 4.79 Å². The van der Waals surface area contributed by atoms with Gasteiger partial charge in [0, 0.05) is 25.0 Å². The Bertz CT molecular complexity index is 903. The van der Waals surface area contributed by atoms with Crippen LogP contribution in [0.25, 0.3) is 5.65 Å². The fraction of sp³-hybridized carbons (Fsp3) is 0.412. The van der Waals surface area contributed by atoms with E-state index in [1.165, 1.54) is 9.08 Å². The van der Waals surface area contributed by atoms with Gasteiger partial charge in [-0.15, -0.1) is 5.10 Å².